The number of hydrogen-bond acceptors (Lipinski definition) is 4. The standard InChI is InChI=1S/C14H11F3N4O/c1-21-7-6-11-12(18-8-19-13(11)21)20-9-2-4-10(5-3-9)22-14(15,16)17/h2-8H,1H3,(H,18,19,20). The molecule has 0 unspecified atom stereocenters. The molecule has 0 aliphatic carbocycles. The van der Waals surface area contributed by atoms with E-state index in [1.54, 1.807) is 0 Å². The van der Waals surface area contributed by atoms with Crippen molar-refractivity contribution in [3.05, 3.63) is 42.9 Å². The molecule has 0 saturated heterocycles. The van der Waals surface area contributed by atoms with Gasteiger partial charge in [-0.2, -0.15) is 0 Å². The van der Waals surface area contributed by atoms with Crippen molar-refractivity contribution >= 4 is 22.5 Å². The van der Waals surface area contributed by atoms with E-state index in [-0.39, 0.29) is 5.75 Å². The molecule has 2 heterocycles. The Morgan fingerprint density at radius 2 is 1.82 bits per heavy atom. The number of aryl methyl sites for hydroxylation is 1. The summed E-state index contributed by atoms with van der Waals surface area (Å²) >= 11 is 0. The first-order valence-electron chi connectivity index (χ1n) is 6.31. The van der Waals surface area contributed by atoms with Crippen LogP contribution in [0.1, 0.15) is 0 Å². The molecule has 3 aromatic rings. The molecule has 1 N–H and O–H groups in total. The molecule has 0 atom stereocenters. The van der Waals surface area contributed by atoms with Gasteiger partial charge in [-0.25, -0.2) is 9.97 Å². The molecule has 22 heavy (non-hydrogen) atoms. The van der Waals surface area contributed by atoms with Crippen LogP contribution in [-0.4, -0.2) is 20.9 Å². The number of nitrogens with one attached hydrogen (secondary N) is 1. The average molecular weight is 308 g/mol. The van der Waals surface area contributed by atoms with Crippen molar-refractivity contribution in [2.75, 3.05) is 5.32 Å². The Morgan fingerprint density at radius 1 is 1.09 bits per heavy atom. The average Bonchev–Trinajstić information content (AvgIpc) is 2.83. The highest BCUT2D eigenvalue weighted by Gasteiger charge is 2.30. The molecule has 0 bridgehead atoms. The summed E-state index contributed by atoms with van der Waals surface area (Å²) in [6, 6.07) is 7.30. The molecule has 3 rings (SSSR count). The van der Waals surface area contributed by atoms with Gasteiger partial charge >= 0.3 is 6.36 Å². The van der Waals surface area contributed by atoms with Gasteiger partial charge in [-0.15, -0.1) is 13.2 Å². The molecule has 1 aromatic carbocycles. The number of nitrogens with zero attached hydrogens (tertiary/aromatic N) is 3. The number of aromatic nitrogens is 3. The molecular weight excluding hydrogens is 297 g/mol. The number of alkyl halides is 3. The van der Waals surface area contributed by atoms with Gasteiger partial charge < -0.3 is 14.6 Å². The summed E-state index contributed by atoms with van der Waals surface area (Å²) in [7, 11) is 1.86. The molecule has 2 aromatic heterocycles. The van der Waals surface area contributed by atoms with Gasteiger partial charge in [-0.1, -0.05) is 0 Å². The molecule has 8 heteroatoms. The summed E-state index contributed by atoms with van der Waals surface area (Å²) in [5.41, 5.74) is 1.35. The molecule has 5 nitrogen and oxygen atoms in total. The van der Waals surface area contributed by atoms with E-state index in [4.69, 9.17) is 0 Å². The number of halogens is 3. The van der Waals surface area contributed by atoms with Crippen LogP contribution in [0.2, 0.25) is 0 Å². The Morgan fingerprint density at radius 3 is 2.50 bits per heavy atom. The molecule has 0 aliphatic heterocycles. The second-order valence-electron chi connectivity index (χ2n) is 4.58. The van der Waals surface area contributed by atoms with E-state index in [0.29, 0.717) is 11.5 Å². The third kappa shape index (κ3) is 2.95. The van der Waals surface area contributed by atoms with E-state index in [1.165, 1.54) is 30.6 Å². The van der Waals surface area contributed by atoms with Crippen molar-refractivity contribution in [2.45, 2.75) is 6.36 Å². The minimum absolute atomic E-state index is 0.273. The van der Waals surface area contributed by atoms with Crippen LogP contribution in [0.25, 0.3) is 11.0 Å². The van der Waals surface area contributed by atoms with Crippen LogP contribution in [0, 0.1) is 0 Å². The predicted octanol–water partition coefficient (Wildman–Crippen LogP) is 3.61. The maximum Gasteiger partial charge on any atom is 0.573 e. The fourth-order valence-corrected chi connectivity index (χ4v) is 2.05. The van der Waals surface area contributed by atoms with Crippen LogP contribution in [0.5, 0.6) is 5.75 Å². The van der Waals surface area contributed by atoms with E-state index in [2.05, 4.69) is 20.0 Å². The fraction of sp³-hybridized carbons (Fsp3) is 0.143. The van der Waals surface area contributed by atoms with Crippen LogP contribution in [-0.2, 0) is 7.05 Å². The number of fused-ring (bicyclic) bond motifs is 1. The minimum Gasteiger partial charge on any atom is -0.406 e. The van der Waals surface area contributed by atoms with Crippen LogP contribution in [0.3, 0.4) is 0 Å². The first-order valence-corrected chi connectivity index (χ1v) is 6.31. The predicted molar refractivity (Wildman–Crippen MR) is 74.9 cm³/mol. The molecule has 0 spiro atoms. The van der Waals surface area contributed by atoms with Crippen LogP contribution < -0.4 is 10.1 Å². The third-order valence-corrected chi connectivity index (χ3v) is 3.01. The van der Waals surface area contributed by atoms with Crippen molar-refractivity contribution in [3.63, 3.8) is 0 Å². The van der Waals surface area contributed by atoms with Crippen molar-refractivity contribution < 1.29 is 17.9 Å². The summed E-state index contributed by atoms with van der Waals surface area (Å²) < 4.78 is 42.0. The highest BCUT2D eigenvalue weighted by molar-refractivity contribution is 5.89. The van der Waals surface area contributed by atoms with E-state index >= 15 is 0 Å². The van der Waals surface area contributed by atoms with Crippen LogP contribution >= 0.6 is 0 Å². The fourth-order valence-electron chi connectivity index (χ4n) is 2.05. The lowest BCUT2D eigenvalue weighted by Crippen LogP contribution is -2.16. The summed E-state index contributed by atoms with van der Waals surface area (Å²) in [4.78, 5) is 8.31. The maximum atomic E-state index is 12.1. The van der Waals surface area contributed by atoms with Gasteiger partial charge in [0.15, 0.2) is 0 Å². The van der Waals surface area contributed by atoms with Gasteiger partial charge in [0.2, 0.25) is 0 Å². The van der Waals surface area contributed by atoms with Gasteiger partial charge in [0.05, 0.1) is 5.39 Å². The zero-order valence-corrected chi connectivity index (χ0v) is 11.4. The Balaban J connectivity index is 1.83. The topological polar surface area (TPSA) is 52.0 Å². The zero-order chi connectivity index (χ0) is 15.7. The highest BCUT2D eigenvalue weighted by Crippen LogP contribution is 2.27. The van der Waals surface area contributed by atoms with E-state index in [1.807, 2.05) is 23.9 Å². The maximum absolute atomic E-state index is 12.1. The van der Waals surface area contributed by atoms with Gasteiger partial charge in [0, 0.05) is 18.9 Å². The number of hydrogen-bond donors (Lipinski definition) is 1. The van der Waals surface area contributed by atoms with Crippen molar-refractivity contribution in [1.82, 2.24) is 14.5 Å². The Bertz CT molecular complexity index is 796. The van der Waals surface area contributed by atoms with Crippen LogP contribution in [0.15, 0.2) is 42.9 Å². The van der Waals surface area contributed by atoms with Gasteiger partial charge in [-0.05, 0) is 30.3 Å². The molecule has 0 fully saturated rings. The lowest BCUT2D eigenvalue weighted by atomic mass is 10.3. The van der Waals surface area contributed by atoms with E-state index in [0.717, 1.165) is 11.0 Å². The lowest BCUT2D eigenvalue weighted by Gasteiger charge is -2.10. The normalized spacial score (nSPS) is 11.6. The zero-order valence-electron chi connectivity index (χ0n) is 11.4. The van der Waals surface area contributed by atoms with Gasteiger partial charge in [0.25, 0.3) is 0 Å². The SMILES string of the molecule is Cn1ccc2c(Nc3ccc(OC(F)(F)F)cc3)ncnc21. The van der Waals surface area contributed by atoms with Crippen molar-refractivity contribution in [3.8, 4) is 5.75 Å². The monoisotopic (exact) mass is 308 g/mol. The van der Waals surface area contributed by atoms with Gasteiger partial charge in [0.1, 0.15) is 23.5 Å². The minimum atomic E-state index is -4.70. The molecule has 0 aliphatic rings. The molecule has 0 radical (unpaired) electrons. The molecular formula is C14H11F3N4O. The summed E-state index contributed by atoms with van der Waals surface area (Å²) in [6.45, 7) is 0. The highest BCUT2D eigenvalue weighted by atomic mass is 19.4. The second kappa shape index (κ2) is 5.21. The number of benzene rings is 1. The summed E-state index contributed by atoms with van der Waals surface area (Å²) in [6.07, 6.45) is -1.42. The number of ether oxygens (including phenoxy) is 1. The summed E-state index contributed by atoms with van der Waals surface area (Å²) in [5.74, 6) is 0.306. The Hall–Kier alpha value is -2.77. The second-order valence-corrected chi connectivity index (χ2v) is 4.58. The third-order valence-electron chi connectivity index (χ3n) is 3.01. The number of anilines is 2. The Kier molecular flexibility index (Phi) is 3.36. The first-order chi connectivity index (χ1) is 10.4. The van der Waals surface area contributed by atoms with Gasteiger partial charge in [-0.3, -0.25) is 0 Å². The van der Waals surface area contributed by atoms with Crippen molar-refractivity contribution in [1.29, 1.82) is 0 Å². The Labute approximate surface area is 123 Å². The summed E-state index contributed by atoms with van der Waals surface area (Å²) in [5, 5.41) is 3.87. The van der Waals surface area contributed by atoms with Crippen LogP contribution in [0.4, 0.5) is 24.7 Å². The van der Waals surface area contributed by atoms with E-state index < -0.39 is 6.36 Å². The molecule has 114 valence electrons. The van der Waals surface area contributed by atoms with E-state index in [9.17, 15) is 13.2 Å². The smallest absolute Gasteiger partial charge is 0.406 e. The quantitative estimate of drug-likeness (QED) is 0.803. The number of rotatable bonds is 3. The molecule has 0 amide bonds. The first kappa shape index (κ1) is 14.2. The lowest BCUT2D eigenvalue weighted by molar-refractivity contribution is -0.274. The van der Waals surface area contributed by atoms with Crippen molar-refractivity contribution in [2.24, 2.45) is 7.05 Å². The molecule has 0 saturated carbocycles. The largest absolute Gasteiger partial charge is 0.573 e.